The summed E-state index contributed by atoms with van der Waals surface area (Å²) < 4.78 is 104. The van der Waals surface area contributed by atoms with E-state index in [1.165, 1.54) is 4.90 Å². The van der Waals surface area contributed by atoms with E-state index in [0.29, 0.717) is 25.2 Å². The summed E-state index contributed by atoms with van der Waals surface area (Å²) >= 11 is 0. The number of halogens is 8. The highest BCUT2D eigenvalue weighted by Crippen LogP contribution is 2.41. The molecule has 1 atom stereocenters. The molecular weight excluding hydrogens is 360 g/mol. The van der Waals surface area contributed by atoms with Gasteiger partial charge in [-0.1, -0.05) is 6.07 Å². The van der Waals surface area contributed by atoms with Crippen LogP contribution in [0.3, 0.4) is 0 Å². The molecule has 0 radical (unpaired) electrons. The van der Waals surface area contributed by atoms with Crippen molar-refractivity contribution in [3.8, 4) is 0 Å². The van der Waals surface area contributed by atoms with Crippen LogP contribution in [0.25, 0.3) is 0 Å². The maximum atomic E-state index is 13.3. The van der Waals surface area contributed by atoms with E-state index in [-0.39, 0.29) is 19.2 Å². The van der Waals surface area contributed by atoms with Gasteiger partial charge in [-0.05, 0) is 17.7 Å². The Hall–Kier alpha value is -1.42. The Kier molecular flexibility index (Phi) is 5.93. The van der Waals surface area contributed by atoms with Crippen molar-refractivity contribution in [2.75, 3.05) is 26.2 Å². The van der Waals surface area contributed by atoms with Crippen LogP contribution in [0.5, 0.6) is 0 Å². The van der Waals surface area contributed by atoms with E-state index in [4.69, 9.17) is 0 Å². The molecule has 1 aliphatic rings. The zero-order chi connectivity index (χ0) is 18.8. The maximum absolute atomic E-state index is 13.3. The van der Waals surface area contributed by atoms with Crippen LogP contribution in [0, 0.1) is 0 Å². The van der Waals surface area contributed by atoms with Crippen molar-refractivity contribution in [1.29, 1.82) is 0 Å². The summed E-state index contributed by atoms with van der Waals surface area (Å²) in [6.45, 7) is 1.27. The van der Waals surface area contributed by atoms with Crippen LogP contribution in [0.1, 0.15) is 29.2 Å². The van der Waals surface area contributed by atoms with Crippen LogP contribution in [0.2, 0.25) is 0 Å². The van der Waals surface area contributed by atoms with Crippen molar-refractivity contribution >= 4 is 0 Å². The second-order valence-corrected chi connectivity index (χ2v) is 5.73. The highest BCUT2D eigenvalue weighted by Gasteiger charge is 2.40. The van der Waals surface area contributed by atoms with Gasteiger partial charge in [0.25, 0.3) is 0 Å². The van der Waals surface area contributed by atoms with Gasteiger partial charge in [0, 0.05) is 38.6 Å². The van der Waals surface area contributed by atoms with E-state index in [9.17, 15) is 35.1 Å². The van der Waals surface area contributed by atoms with E-state index < -0.39 is 47.9 Å². The molecule has 0 aromatic heterocycles. The Morgan fingerprint density at radius 1 is 0.960 bits per heavy atom. The fourth-order valence-corrected chi connectivity index (χ4v) is 2.90. The molecule has 0 amide bonds. The third kappa shape index (κ3) is 5.04. The Morgan fingerprint density at radius 3 is 2.04 bits per heavy atom. The molecule has 0 spiro atoms. The van der Waals surface area contributed by atoms with E-state index >= 15 is 0 Å². The zero-order valence-electron chi connectivity index (χ0n) is 12.9. The molecule has 0 saturated carbocycles. The van der Waals surface area contributed by atoms with Crippen LogP contribution in [0.4, 0.5) is 35.1 Å². The van der Waals surface area contributed by atoms with Crippen LogP contribution in [-0.4, -0.2) is 37.5 Å². The second-order valence-electron chi connectivity index (χ2n) is 5.73. The van der Waals surface area contributed by atoms with Gasteiger partial charge in [0.05, 0.1) is 11.1 Å². The number of hydrogen-bond acceptors (Lipinski definition) is 2. The second kappa shape index (κ2) is 7.45. The van der Waals surface area contributed by atoms with Crippen molar-refractivity contribution in [3.63, 3.8) is 0 Å². The summed E-state index contributed by atoms with van der Waals surface area (Å²) in [6.07, 6.45) is -13.8. The first-order chi connectivity index (χ1) is 11.5. The number of piperazine rings is 1. The summed E-state index contributed by atoms with van der Waals surface area (Å²) in [7, 11) is 0. The molecule has 1 N–H and O–H groups in total. The predicted octanol–water partition coefficient (Wildman–Crippen LogP) is 4.33. The third-order valence-electron chi connectivity index (χ3n) is 4.04. The Morgan fingerprint density at radius 2 is 1.56 bits per heavy atom. The minimum atomic E-state index is -5.08. The number of hydrogen-bond donors (Lipinski definition) is 1. The number of alkyl halides is 8. The Labute approximate surface area is 138 Å². The maximum Gasteiger partial charge on any atom is 0.416 e. The molecule has 10 heteroatoms. The molecule has 1 aromatic carbocycles. The first-order valence-corrected chi connectivity index (χ1v) is 7.51. The SMILES string of the molecule is FC(F)C[C@H](c1ccc(C(F)(F)F)cc1C(F)(F)F)N1CCNCC1. The normalized spacial score (nSPS) is 18.6. The first-order valence-electron chi connectivity index (χ1n) is 7.51. The van der Waals surface area contributed by atoms with E-state index in [1.807, 2.05) is 0 Å². The summed E-state index contributed by atoms with van der Waals surface area (Å²) in [6, 6.07) is -0.136. The van der Waals surface area contributed by atoms with Gasteiger partial charge >= 0.3 is 12.4 Å². The number of nitrogens with zero attached hydrogens (tertiary/aromatic N) is 1. The van der Waals surface area contributed by atoms with Crippen LogP contribution in [-0.2, 0) is 12.4 Å². The number of rotatable bonds is 4. The van der Waals surface area contributed by atoms with E-state index in [1.54, 1.807) is 0 Å². The lowest BCUT2D eigenvalue weighted by atomic mass is 9.93. The molecular formula is C15H16F8N2. The molecule has 1 heterocycles. The molecule has 1 aromatic rings. The van der Waals surface area contributed by atoms with Gasteiger partial charge in [0.1, 0.15) is 0 Å². The standard InChI is InChI=1S/C15H16F8N2/c16-13(17)8-12(25-5-3-24-4-6-25)10-2-1-9(14(18,19)20)7-11(10)15(21,22)23/h1-2,7,12-13,24H,3-6,8H2/t12-/m1/s1. The Bertz CT molecular complexity index is 576. The summed E-state index contributed by atoms with van der Waals surface area (Å²) in [5.74, 6) is 0. The highest BCUT2D eigenvalue weighted by atomic mass is 19.4. The lowest BCUT2D eigenvalue weighted by molar-refractivity contribution is -0.144. The molecule has 0 aliphatic carbocycles. The van der Waals surface area contributed by atoms with Gasteiger partial charge in [-0.25, -0.2) is 8.78 Å². The lowest BCUT2D eigenvalue weighted by Crippen LogP contribution is -2.46. The predicted molar refractivity (Wildman–Crippen MR) is 74.3 cm³/mol. The van der Waals surface area contributed by atoms with Crippen molar-refractivity contribution in [1.82, 2.24) is 10.2 Å². The monoisotopic (exact) mass is 376 g/mol. The van der Waals surface area contributed by atoms with Crippen molar-refractivity contribution in [2.24, 2.45) is 0 Å². The van der Waals surface area contributed by atoms with Gasteiger partial charge in [-0.15, -0.1) is 0 Å². The van der Waals surface area contributed by atoms with Crippen molar-refractivity contribution < 1.29 is 35.1 Å². The number of nitrogens with one attached hydrogen (secondary N) is 1. The molecule has 142 valence electrons. The highest BCUT2D eigenvalue weighted by molar-refractivity contribution is 5.37. The quantitative estimate of drug-likeness (QED) is 0.788. The fraction of sp³-hybridized carbons (Fsp3) is 0.600. The minimum absolute atomic E-state index is 0.00397. The molecule has 1 fully saturated rings. The van der Waals surface area contributed by atoms with Gasteiger partial charge in [0.2, 0.25) is 6.43 Å². The van der Waals surface area contributed by atoms with Gasteiger partial charge in [-0.3, -0.25) is 4.90 Å². The van der Waals surface area contributed by atoms with Crippen LogP contribution >= 0.6 is 0 Å². The average Bonchev–Trinajstić information content (AvgIpc) is 2.51. The summed E-state index contributed by atoms with van der Waals surface area (Å²) in [5.41, 5.74) is -3.53. The molecule has 1 saturated heterocycles. The third-order valence-corrected chi connectivity index (χ3v) is 4.04. The molecule has 1 aliphatic heterocycles. The molecule has 25 heavy (non-hydrogen) atoms. The Balaban J connectivity index is 2.51. The van der Waals surface area contributed by atoms with Gasteiger partial charge in [0.15, 0.2) is 0 Å². The molecule has 2 rings (SSSR count). The van der Waals surface area contributed by atoms with Crippen molar-refractivity contribution in [3.05, 3.63) is 34.9 Å². The van der Waals surface area contributed by atoms with E-state index in [0.717, 1.165) is 0 Å². The van der Waals surface area contributed by atoms with Crippen LogP contribution in [0.15, 0.2) is 18.2 Å². The van der Waals surface area contributed by atoms with Gasteiger partial charge in [-0.2, -0.15) is 26.3 Å². The van der Waals surface area contributed by atoms with Gasteiger partial charge < -0.3 is 5.32 Å². The fourth-order valence-electron chi connectivity index (χ4n) is 2.90. The summed E-state index contributed by atoms with van der Waals surface area (Å²) in [4.78, 5) is 1.44. The summed E-state index contributed by atoms with van der Waals surface area (Å²) in [5, 5.41) is 2.95. The minimum Gasteiger partial charge on any atom is -0.314 e. The smallest absolute Gasteiger partial charge is 0.314 e. The lowest BCUT2D eigenvalue weighted by Gasteiger charge is -2.36. The molecule has 0 bridgehead atoms. The van der Waals surface area contributed by atoms with Crippen molar-refractivity contribution in [2.45, 2.75) is 31.2 Å². The largest absolute Gasteiger partial charge is 0.416 e. The average molecular weight is 376 g/mol. The van der Waals surface area contributed by atoms with E-state index in [2.05, 4.69) is 5.32 Å². The first kappa shape index (κ1) is 19.9. The molecule has 2 nitrogen and oxygen atoms in total. The molecule has 0 unspecified atom stereocenters. The number of benzene rings is 1. The van der Waals surface area contributed by atoms with Crippen LogP contribution < -0.4 is 5.32 Å². The topological polar surface area (TPSA) is 15.3 Å². The zero-order valence-corrected chi connectivity index (χ0v) is 12.9.